The summed E-state index contributed by atoms with van der Waals surface area (Å²) in [4.78, 5) is 12.8. The van der Waals surface area contributed by atoms with E-state index in [1.807, 2.05) is 61.5 Å². The summed E-state index contributed by atoms with van der Waals surface area (Å²) in [5.41, 5.74) is 5.57. The van der Waals surface area contributed by atoms with E-state index in [0.717, 1.165) is 21.9 Å². The molecule has 170 valence electrons. The van der Waals surface area contributed by atoms with Gasteiger partial charge in [-0.1, -0.05) is 73.7 Å². The first-order valence-electron chi connectivity index (χ1n) is 11.0. The topological polar surface area (TPSA) is 78.8 Å². The molecule has 0 saturated heterocycles. The van der Waals surface area contributed by atoms with Crippen molar-refractivity contribution in [1.82, 2.24) is 5.43 Å². The minimum atomic E-state index is -3.63. The minimum absolute atomic E-state index is 0.0693. The lowest BCUT2D eigenvalue weighted by Crippen LogP contribution is -2.26. The number of benzene rings is 4. The zero-order chi connectivity index (χ0) is 23.7. The molecule has 0 aliphatic carbocycles. The SMILES string of the molecule is CC(C=NNC(=O)c1ccc(CN2c3cccc4cccc(c34)S2(=O)=O)cc1)c1ccccc1. The van der Waals surface area contributed by atoms with E-state index in [1.165, 1.54) is 4.31 Å². The maximum atomic E-state index is 13.2. The highest BCUT2D eigenvalue weighted by atomic mass is 32.2. The summed E-state index contributed by atoms with van der Waals surface area (Å²) < 4.78 is 27.8. The van der Waals surface area contributed by atoms with Gasteiger partial charge in [0.15, 0.2) is 0 Å². The van der Waals surface area contributed by atoms with Gasteiger partial charge in [-0.3, -0.25) is 9.10 Å². The minimum Gasteiger partial charge on any atom is -0.267 e. The van der Waals surface area contributed by atoms with E-state index in [2.05, 4.69) is 10.5 Å². The van der Waals surface area contributed by atoms with Crippen LogP contribution < -0.4 is 9.73 Å². The average Bonchev–Trinajstić information content (AvgIpc) is 3.08. The van der Waals surface area contributed by atoms with Crippen LogP contribution in [0.25, 0.3) is 10.8 Å². The third kappa shape index (κ3) is 3.95. The van der Waals surface area contributed by atoms with Gasteiger partial charge < -0.3 is 0 Å². The van der Waals surface area contributed by atoms with Crippen molar-refractivity contribution >= 4 is 38.6 Å². The second kappa shape index (κ2) is 8.76. The van der Waals surface area contributed by atoms with E-state index in [1.54, 1.807) is 42.6 Å². The van der Waals surface area contributed by atoms with Crippen LogP contribution in [0.5, 0.6) is 0 Å². The molecule has 0 radical (unpaired) electrons. The van der Waals surface area contributed by atoms with Crippen molar-refractivity contribution in [3.8, 4) is 0 Å². The van der Waals surface area contributed by atoms with Gasteiger partial charge in [0.2, 0.25) is 0 Å². The van der Waals surface area contributed by atoms with Gasteiger partial charge in [-0.05, 0) is 40.8 Å². The Morgan fingerprint density at radius 1 is 0.941 bits per heavy atom. The Morgan fingerprint density at radius 2 is 1.65 bits per heavy atom. The zero-order valence-electron chi connectivity index (χ0n) is 18.5. The first-order chi connectivity index (χ1) is 16.4. The second-order valence-electron chi connectivity index (χ2n) is 8.26. The van der Waals surface area contributed by atoms with E-state index in [4.69, 9.17) is 0 Å². The fraction of sp³-hybridized carbons (Fsp3) is 0.111. The third-order valence-electron chi connectivity index (χ3n) is 6.01. The highest BCUT2D eigenvalue weighted by Crippen LogP contribution is 2.42. The number of hydrogen-bond donors (Lipinski definition) is 1. The second-order valence-corrected chi connectivity index (χ2v) is 10.1. The molecule has 34 heavy (non-hydrogen) atoms. The fourth-order valence-corrected chi connectivity index (χ4v) is 5.87. The quantitative estimate of drug-likeness (QED) is 0.316. The van der Waals surface area contributed by atoms with Gasteiger partial charge >= 0.3 is 0 Å². The largest absolute Gasteiger partial charge is 0.271 e. The smallest absolute Gasteiger partial charge is 0.267 e. The summed E-state index contributed by atoms with van der Waals surface area (Å²) in [6.07, 6.45) is 1.69. The molecule has 1 N–H and O–H groups in total. The maximum Gasteiger partial charge on any atom is 0.271 e. The third-order valence-corrected chi connectivity index (χ3v) is 7.82. The van der Waals surface area contributed by atoms with E-state index in [9.17, 15) is 13.2 Å². The van der Waals surface area contributed by atoms with Crippen molar-refractivity contribution in [2.45, 2.75) is 24.3 Å². The Kier molecular flexibility index (Phi) is 5.63. The van der Waals surface area contributed by atoms with Crippen LogP contribution in [0.3, 0.4) is 0 Å². The molecule has 1 unspecified atom stereocenters. The number of hydrogen-bond acceptors (Lipinski definition) is 4. The van der Waals surface area contributed by atoms with E-state index in [-0.39, 0.29) is 18.4 Å². The Hall–Kier alpha value is -3.97. The normalized spacial score (nSPS) is 15.0. The zero-order valence-corrected chi connectivity index (χ0v) is 19.4. The standard InChI is InChI=1S/C27H23N3O3S/c1-19(21-7-3-2-4-8-21)17-28-29-27(31)23-15-13-20(14-16-23)18-30-24-11-5-9-22-10-6-12-25(26(22)24)34(30,32)33/h2-17,19H,18H2,1H3,(H,29,31). The Morgan fingerprint density at radius 3 is 2.38 bits per heavy atom. The summed E-state index contributed by atoms with van der Waals surface area (Å²) in [5, 5.41) is 5.73. The van der Waals surface area contributed by atoms with Gasteiger partial charge in [-0.2, -0.15) is 5.10 Å². The number of nitrogens with one attached hydrogen (secondary N) is 1. The molecule has 4 aromatic rings. The number of hydrazone groups is 1. The molecule has 7 heteroatoms. The molecule has 0 spiro atoms. The highest BCUT2D eigenvalue weighted by Gasteiger charge is 2.35. The molecular weight excluding hydrogens is 446 g/mol. The Balaban J connectivity index is 1.28. The Labute approximate surface area is 198 Å². The number of amides is 1. The van der Waals surface area contributed by atoms with Crippen molar-refractivity contribution in [1.29, 1.82) is 0 Å². The van der Waals surface area contributed by atoms with Crippen molar-refractivity contribution in [3.05, 3.63) is 108 Å². The van der Waals surface area contributed by atoms with Gasteiger partial charge in [-0.25, -0.2) is 13.8 Å². The van der Waals surface area contributed by atoms with Crippen LogP contribution in [0, 0.1) is 0 Å². The number of sulfonamides is 1. The lowest BCUT2D eigenvalue weighted by molar-refractivity contribution is 0.0955. The van der Waals surface area contributed by atoms with Crippen LogP contribution in [0.15, 0.2) is 101 Å². The van der Waals surface area contributed by atoms with E-state index < -0.39 is 10.0 Å². The van der Waals surface area contributed by atoms with Crippen molar-refractivity contribution < 1.29 is 13.2 Å². The summed E-state index contributed by atoms with van der Waals surface area (Å²) in [5.74, 6) is -0.256. The number of carbonyl (C=O) groups is 1. The van der Waals surface area contributed by atoms with Crippen LogP contribution in [-0.2, 0) is 16.6 Å². The van der Waals surface area contributed by atoms with Gasteiger partial charge in [-0.15, -0.1) is 0 Å². The first-order valence-corrected chi connectivity index (χ1v) is 12.4. The summed E-state index contributed by atoms with van der Waals surface area (Å²) in [7, 11) is -3.63. The van der Waals surface area contributed by atoms with E-state index in [0.29, 0.717) is 16.1 Å². The van der Waals surface area contributed by atoms with Gasteiger partial charge in [0.05, 0.1) is 17.1 Å². The van der Waals surface area contributed by atoms with Gasteiger partial charge in [0.25, 0.3) is 15.9 Å². The van der Waals surface area contributed by atoms with Crippen LogP contribution in [0.4, 0.5) is 5.69 Å². The molecule has 1 heterocycles. The molecular formula is C27H23N3O3S. The molecule has 5 rings (SSSR count). The summed E-state index contributed by atoms with van der Waals surface area (Å²) in [6.45, 7) is 2.19. The van der Waals surface area contributed by atoms with E-state index >= 15 is 0 Å². The molecule has 0 bridgehead atoms. The summed E-state index contributed by atoms with van der Waals surface area (Å²) in [6, 6.07) is 27.7. The predicted octanol–water partition coefficient (Wildman–Crippen LogP) is 5.07. The number of carbonyl (C=O) groups excluding carboxylic acids is 1. The fourth-order valence-electron chi connectivity index (χ4n) is 4.17. The van der Waals surface area contributed by atoms with Crippen LogP contribution in [0.1, 0.15) is 34.3 Å². The average molecular weight is 470 g/mol. The Bertz CT molecular complexity index is 1490. The molecule has 0 aromatic heterocycles. The summed E-state index contributed by atoms with van der Waals surface area (Å²) >= 11 is 0. The lowest BCUT2D eigenvalue weighted by atomic mass is 10.0. The van der Waals surface area contributed by atoms with Crippen molar-refractivity contribution in [2.75, 3.05) is 4.31 Å². The number of anilines is 1. The maximum absolute atomic E-state index is 13.2. The molecule has 1 atom stereocenters. The molecule has 1 aliphatic heterocycles. The molecule has 1 amide bonds. The first kappa shape index (κ1) is 21.9. The highest BCUT2D eigenvalue weighted by molar-refractivity contribution is 7.93. The molecule has 1 aliphatic rings. The molecule has 6 nitrogen and oxygen atoms in total. The predicted molar refractivity (Wildman–Crippen MR) is 135 cm³/mol. The lowest BCUT2D eigenvalue weighted by Gasteiger charge is -2.19. The van der Waals surface area contributed by atoms with Crippen molar-refractivity contribution in [2.24, 2.45) is 5.10 Å². The molecule has 0 saturated carbocycles. The van der Waals surface area contributed by atoms with Crippen molar-refractivity contribution in [3.63, 3.8) is 0 Å². The van der Waals surface area contributed by atoms with Crippen LogP contribution >= 0.6 is 0 Å². The monoisotopic (exact) mass is 469 g/mol. The molecule has 0 fully saturated rings. The van der Waals surface area contributed by atoms with Crippen LogP contribution in [0.2, 0.25) is 0 Å². The number of rotatable bonds is 6. The number of nitrogens with zero attached hydrogens (tertiary/aromatic N) is 2. The van der Waals surface area contributed by atoms with Gasteiger partial charge in [0.1, 0.15) is 0 Å². The van der Waals surface area contributed by atoms with Crippen LogP contribution in [-0.4, -0.2) is 20.5 Å². The molecule has 4 aromatic carbocycles. The van der Waals surface area contributed by atoms with Gasteiger partial charge in [0, 0.05) is 23.1 Å².